The lowest BCUT2D eigenvalue weighted by molar-refractivity contribution is 0.745. The summed E-state index contributed by atoms with van der Waals surface area (Å²) in [5, 5.41) is 3.55. The molecular formula is C47H32N4. The number of hydrogen-bond donors (Lipinski definition) is 0. The molecule has 0 fully saturated rings. The van der Waals surface area contributed by atoms with E-state index in [2.05, 4.69) is 163 Å². The van der Waals surface area contributed by atoms with Crippen LogP contribution in [0.25, 0.3) is 66.8 Å². The summed E-state index contributed by atoms with van der Waals surface area (Å²) in [6.07, 6.45) is 9.07. The van der Waals surface area contributed by atoms with Gasteiger partial charge in [-0.05, 0) is 29.8 Å². The fourth-order valence-corrected chi connectivity index (χ4v) is 7.85. The third kappa shape index (κ3) is 4.95. The summed E-state index contributed by atoms with van der Waals surface area (Å²) >= 11 is 0. The SMILES string of the molecule is C1=CC2c3ccc4c(-c5ccccc5)nc5ccccc5c4c3N(c3cccc(-c4cc(-c5ccccc5)nc(-c5ccccc5)n4)c3)C2C=C1. The van der Waals surface area contributed by atoms with Crippen LogP contribution < -0.4 is 4.90 Å². The molecular weight excluding hydrogens is 621 g/mol. The molecule has 0 radical (unpaired) electrons. The van der Waals surface area contributed by atoms with E-state index < -0.39 is 0 Å². The zero-order valence-electron chi connectivity index (χ0n) is 27.8. The van der Waals surface area contributed by atoms with E-state index in [0.29, 0.717) is 5.82 Å². The Morgan fingerprint density at radius 2 is 1.12 bits per heavy atom. The van der Waals surface area contributed by atoms with Gasteiger partial charge in [-0.3, -0.25) is 0 Å². The highest BCUT2D eigenvalue weighted by Gasteiger charge is 2.39. The minimum atomic E-state index is 0.128. The van der Waals surface area contributed by atoms with Crippen LogP contribution in [0.3, 0.4) is 0 Å². The number of anilines is 2. The zero-order valence-corrected chi connectivity index (χ0v) is 27.8. The molecule has 10 rings (SSSR count). The van der Waals surface area contributed by atoms with Crippen LogP contribution in [0, 0.1) is 0 Å². The number of para-hydroxylation sites is 1. The zero-order chi connectivity index (χ0) is 33.7. The van der Waals surface area contributed by atoms with Gasteiger partial charge in [0.2, 0.25) is 0 Å². The van der Waals surface area contributed by atoms with Crippen molar-refractivity contribution in [2.75, 3.05) is 4.90 Å². The topological polar surface area (TPSA) is 41.9 Å². The lowest BCUT2D eigenvalue weighted by Crippen LogP contribution is -2.28. The highest BCUT2D eigenvalue weighted by Crippen LogP contribution is 2.53. The van der Waals surface area contributed by atoms with Gasteiger partial charge in [0.05, 0.1) is 34.3 Å². The van der Waals surface area contributed by atoms with Crippen molar-refractivity contribution in [2.45, 2.75) is 12.0 Å². The average molecular weight is 653 g/mol. The molecule has 0 saturated carbocycles. The van der Waals surface area contributed by atoms with Gasteiger partial charge in [-0.25, -0.2) is 15.0 Å². The lowest BCUT2D eigenvalue weighted by Gasteiger charge is -2.30. The molecule has 2 atom stereocenters. The van der Waals surface area contributed by atoms with Gasteiger partial charge < -0.3 is 4.90 Å². The maximum absolute atomic E-state index is 5.25. The van der Waals surface area contributed by atoms with E-state index in [0.717, 1.165) is 61.3 Å². The van der Waals surface area contributed by atoms with Gasteiger partial charge in [-0.2, -0.15) is 0 Å². The molecule has 0 bridgehead atoms. The number of allylic oxidation sites excluding steroid dienone is 2. The summed E-state index contributed by atoms with van der Waals surface area (Å²) < 4.78 is 0. The molecule has 51 heavy (non-hydrogen) atoms. The van der Waals surface area contributed by atoms with Gasteiger partial charge in [0.25, 0.3) is 0 Å². The van der Waals surface area contributed by atoms with Crippen molar-refractivity contribution in [1.82, 2.24) is 15.0 Å². The molecule has 2 aliphatic rings. The van der Waals surface area contributed by atoms with E-state index in [1.54, 1.807) is 0 Å². The Kier molecular flexibility index (Phi) is 6.91. The molecule has 2 unspecified atom stereocenters. The minimum Gasteiger partial charge on any atom is -0.333 e. The first-order chi connectivity index (χ1) is 25.3. The first kappa shape index (κ1) is 29.3. The number of benzene rings is 6. The summed E-state index contributed by atoms with van der Waals surface area (Å²) in [5.41, 5.74) is 11.7. The van der Waals surface area contributed by atoms with E-state index in [9.17, 15) is 0 Å². The highest BCUT2D eigenvalue weighted by atomic mass is 15.2. The maximum Gasteiger partial charge on any atom is 0.160 e. The van der Waals surface area contributed by atoms with Gasteiger partial charge in [-0.15, -0.1) is 0 Å². The molecule has 0 N–H and O–H groups in total. The van der Waals surface area contributed by atoms with E-state index in [-0.39, 0.29) is 12.0 Å². The van der Waals surface area contributed by atoms with Crippen molar-refractivity contribution in [3.05, 3.63) is 188 Å². The van der Waals surface area contributed by atoms with Crippen LogP contribution in [0.1, 0.15) is 11.5 Å². The van der Waals surface area contributed by atoms with Crippen molar-refractivity contribution >= 4 is 33.1 Å². The quantitative estimate of drug-likeness (QED) is 0.174. The standard InChI is InChI=1S/C47H32N4/c1-4-15-31(16-5-1)41-30-42(50-47(49-41)33-19-8-3-9-20-33)34-21-14-22-35(29-34)51-43-26-13-11-23-36(43)37-27-28-39-44(46(37)51)38-24-10-12-25-40(38)48-45(39)32-17-6-2-7-18-32/h1-30,36,43H. The van der Waals surface area contributed by atoms with Crippen molar-refractivity contribution < 1.29 is 0 Å². The molecule has 6 aromatic carbocycles. The normalized spacial score (nSPS) is 16.0. The van der Waals surface area contributed by atoms with Crippen molar-refractivity contribution in [3.63, 3.8) is 0 Å². The molecule has 1 aliphatic heterocycles. The number of nitrogens with zero attached hydrogens (tertiary/aromatic N) is 4. The molecule has 0 amide bonds. The molecule has 1 aliphatic carbocycles. The van der Waals surface area contributed by atoms with Crippen molar-refractivity contribution in [3.8, 4) is 45.2 Å². The van der Waals surface area contributed by atoms with Crippen molar-refractivity contribution in [2.24, 2.45) is 0 Å². The molecule has 240 valence electrons. The second-order valence-electron chi connectivity index (χ2n) is 13.2. The Bertz CT molecular complexity index is 2590. The highest BCUT2D eigenvalue weighted by molar-refractivity contribution is 6.18. The third-order valence-corrected chi connectivity index (χ3v) is 10.2. The van der Waals surface area contributed by atoms with E-state index in [1.807, 2.05) is 24.3 Å². The predicted molar refractivity (Wildman–Crippen MR) is 210 cm³/mol. The Balaban J connectivity index is 1.20. The third-order valence-electron chi connectivity index (χ3n) is 10.2. The van der Waals surface area contributed by atoms with Crippen LogP contribution in [0.2, 0.25) is 0 Å². The van der Waals surface area contributed by atoms with E-state index in [1.165, 1.54) is 16.6 Å². The van der Waals surface area contributed by atoms with Crippen LogP contribution in [-0.4, -0.2) is 21.0 Å². The van der Waals surface area contributed by atoms with Gasteiger partial charge in [0.15, 0.2) is 5.82 Å². The summed E-state index contributed by atoms with van der Waals surface area (Å²) in [7, 11) is 0. The predicted octanol–water partition coefficient (Wildman–Crippen LogP) is 11.6. The molecule has 3 heterocycles. The molecule has 4 nitrogen and oxygen atoms in total. The van der Waals surface area contributed by atoms with Crippen LogP contribution >= 0.6 is 0 Å². The fraction of sp³-hybridized carbons (Fsp3) is 0.0426. The first-order valence-electron chi connectivity index (χ1n) is 17.5. The Morgan fingerprint density at radius 3 is 1.90 bits per heavy atom. The summed E-state index contributed by atoms with van der Waals surface area (Å²) in [5.74, 6) is 0.932. The largest absolute Gasteiger partial charge is 0.333 e. The lowest BCUT2D eigenvalue weighted by atomic mass is 9.89. The van der Waals surface area contributed by atoms with Gasteiger partial charge in [0, 0.05) is 50.0 Å². The van der Waals surface area contributed by atoms with Gasteiger partial charge in [0.1, 0.15) is 0 Å². The first-order valence-corrected chi connectivity index (χ1v) is 17.5. The monoisotopic (exact) mass is 652 g/mol. The molecule has 0 saturated heterocycles. The molecule has 0 spiro atoms. The smallest absolute Gasteiger partial charge is 0.160 e. The van der Waals surface area contributed by atoms with Gasteiger partial charge >= 0.3 is 0 Å². The van der Waals surface area contributed by atoms with Crippen LogP contribution in [0.4, 0.5) is 11.4 Å². The average Bonchev–Trinajstić information content (AvgIpc) is 3.56. The van der Waals surface area contributed by atoms with E-state index >= 15 is 0 Å². The number of hydrogen-bond acceptors (Lipinski definition) is 4. The van der Waals surface area contributed by atoms with Crippen LogP contribution in [0.15, 0.2) is 182 Å². The number of rotatable bonds is 5. The van der Waals surface area contributed by atoms with Crippen molar-refractivity contribution in [1.29, 1.82) is 0 Å². The van der Waals surface area contributed by atoms with Crippen LogP contribution in [0.5, 0.6) is 0 Å². The second-order valence-corrected chi connectivity index (χ2v) is 13.2. The second kappa shape index (κ2) is 12.0. The number of aromatic nitrogens is 3. The summed E-state index contributed by atoms with van der Waals surface area (Å²) in [6.45, 7) is 0. The minimum absolute atomic E-state index is 0.128. The number of fused-ring (bicyclic) bond motifs is 7. The maximum atomic E-state index is 5.25. The molecule has 8 aromatic rings. The van der Waals surface area contributed by atoms with Gasteiger partial charge in [-0.1, -0.05) is 158 Å². The van der Waals surface area contributed by atoms with Crippen LogP contribution in [-0.2, 0) is 0 Å². The summed E-state index contributed by atoms with van der Waals surface area (Å²) in [6, 6.07) is 55.4. The Morgan fingerprint density at radius 1 is 0.471 bits per heavy atom. The Labute approximate surface area is 296 Å². The summed E-state index contributed by atoms with van der Waals surface area (Å²) in [4.78, 5) is 18.0. The molecule has 2 aromatic heterocycles. The molecule has 4 heteroatoms. The van der Waals surface area contributed by atoms with E-state index in [4.69, 9.17) is 15.0 Å². The number of pyridine rings is 1. The fourth-order valence-electron chi connectivity index (χ4n) is 7.85. The Hall–Kier alpha value is -6.65.